The summed E-state index contributed by atoms with van der Waals surface area (Å²) >= 11 is 19.0. The average molecular weight is 407 g/mol. The first-order valence-electron chi connectivity index (χ1n) is 7.24. The molecule has 3 aromatic rings. The molecule has 0 unspecified atom stereocenters. The Balaban J connectivity index is 2.03. The van der Waals surface area contributed by atoms with E-state index in [1.807, 2.05) is 29.6 Å². The molecule has 0 saturated carbocycles. The van der Waals surface area contributed by atoms with Gasteiger partial charge in [-0.15, -0.1) is 11.3 Å². The minimum absolute atomic E-state index is 0.159. The van der Waals surface area contributed by atoms with Crippen molar-refractivity contribution in [1.82, 2.24) is 0 Å². The molecule has 0 spiro atoms. The molecule has 0 aliphatic heterocycles. The molecule has 0 fully saturated rings. The highest BCUT2D eigenvalue weighted by atomic mass is 35.5. The molecular weight excluding hydrogens is 395 g/mol. The zero-order valence-electron chi connectivity index (χ0n) is 12.8. The quantitative estimate of drug-likeness (QED) is 0.300. The molecule has 0 saturated heterocycles. The van der Waals surface area contributed by atoms with Crippen molar-refractivity contribution < 1.29 is 9.67 Å². The van der Waals surface area contributed by atoms with E-state index in [-0.39, 0.29) is 10.7 Å². The first-order valence-corrected chi connectivity index (χ1v) is 9.29. The van der Waals surface area contributed by atoms with Gasteiger partial charge in [0.2, 0.25) is 5.70 Å². The summed E-state index contributed by atoms with van der Waals surface area (Å²) in [5, 5.41) is 18.8. The molecule has 7 heteroatoms. The number of nitrogens with zero attached hydrogens (tertiary/aromatic N) is 1. The zero-order chi connectivity index (χ0) is 17.8. The fourth-order valence-electron chi connectivity index (χ4n) is 2.18. The predicted molar refractivity (Wildman–Crippen MR) is 107 cm³/mol. The Morgan fingerprint density at radius 2 is 1.84 bits per heavy atom. The van der Waals surface area contributed by atoms with Crippen LogP contribution in [0.15, 0.2) is 66.3 Å². The molecule has 0 radical (unpaired) electrons. The predicted octanol–water partition coefficient (Wildman–Crippen LogP) is 4.47. The monoisotopic (exact) mass is 406 g/mol. The maximum Gasteiger partial charge on any atom is 0.239 e. The van der Waals surface area contributed by atoms with E-state index >= 15 is 0 Å². The van der Waals surface area contributed by atoms with Crippen LogP contribution in [0.1, 0.15) is 4.88 Å². The van der Waals surface area contributed by atoms with Crippen molar-refractivity contribution >= 4 is 68.9 Å². The van der Waals surface area contributed by atoms with Crippen molar-refractivity contribution in [2.45, 2.75) is 0 Å². The number of benzene rings is 1. The van der Waals surface area contributed by atoms with Crippen LogP contribution in [0.5, 0.6) is 0 Å². The lowest BCUT2D eigenvalue weighted by molar-refractivity contribution is -0.577. The van der Waals surface area contributed by atoms with Crippen LogP contribution in [-0.2, 0) is 0 Å². The number of pyridine rings is 1. The third kappa shape index (κ3) is 4.19. The van der Waals surface area contributed by atoms with Crippen molar-refractivity contribution in [1.29, 1.82) is 0 Å². The van der Waals surface area contributed by atoms with E-state index in [1.54, 1.807) is 41.2 Å². The van der Waals surface area contributed by atoms with Crippen LogP contribution in [-0.4, -0.2) is 4.99 Å². The van der Waals surface area contributed by atoms with Crippen LogP contribution < -0.4 is 15.0 Å². The number of anilines is 1. The van der Waals surface area contributed by atoms with Crippen molar-refractivity contribution in [2.24, 2.45) is 0 Å². The smallest absolute Gasteiger partial charge is 0.239 e. The highest BCUT2D eigenvalue weighted by Gasteiger charge is 2.19. The van der Waals surface area contributed by atoms with Gasteiger partial charge < -0.3 is 10.4 Å². The zero-order valence-corrected chi connectivity index (χ0v) is 15.9. The van der Waals surface area contributed by atoms with Gasteiger partial charge in [-0.1, -0.05) is 47.6 Å². The molecule has 2 aromatic heterocycles. The normalized spacial score (nSPS) is 11.8. The Morgan fingerprint density at radius 3 is 2.48 bits per heavy atom. The van der Waals surface area contributed by atoms with Gasteiger partial charge in [-0.3, -0.25) is 0 Å². The lowest BCUT2D eigenvalue weighted by atomic mass is 10.2. The van der Waals surface area contributed by atoms with Crippen LogP contribution >= 0.6 is 46.8 Å². The minimum atomic E-state index is -0.159. The SMILES string of the molecule is [O-]C(=C(C(=S)Nc1ccc(Cl)cc1Cl)[n+]1ccccc1)c1cccs1. The van der Waals surface area contributed by atoms with Gasteiger partial charge >= 0.3 is 0 Å². The fraction of sp³-hybridized carbons (Fsp3) is 0. The molecule has 2 heterocycles. The highest BCUT2D eigenvalue weighted by Crippen LogP contribution is 2.27. The van der Waals surface area contributed by atoms with Crippen LogP contribution in [0.2, 0.25) is 10.0 Å². The van der Waals surface area contributed by atoms with E-state index in [4.69, 9.17) is 35.4 Å². The van der Waals surface area contributed by atoms with Gasteiger partial charge in [0.15, 0.2) is 17.4 Å². The summed E-state index contributed by atoms with van der Waals surface area (Å²) < 4.78 is 1.70. The summed E-state index contributed by atoms with van der Waals surface area (Å²) in [7, 11) is 0. The molecular formula is C18H12Cl2N2OS2. The first kappa shape index (κ1) is 17.9. The summed E-state index contributed by atoms with van der Waals surface area (Å²) in [6, 6.07) is 14.2. The summed E-state index contributed by atoms with van der Waals surface area (Å²) in [6.45, 7) is 0. The molecule has 0 bridgehead atoms. The molecule has 0 aliphatic rings. The molecule has 126 valence electrons. The Kier molecular flexibility index (Phi) is 5.71. The second kappa shape index (κ2) is 7.97. The average Bonchev–Trinajstić information content (AvgIpc) is 3.13. The topological polar surface area (TPSA) is 39.0 Å². The summed E-state index contributed by atoms with van der Waals surface area (Å²) in [6.07, 6.45) is 3.55. The summed E-state index contributed by atoms with van der Waals surface area (Å²) in [4.78, 5) is 0.886. The first-order chi connectivity index (χ1) is 12.1. The van der Waals surface area contributed by atoms with Gasteiger partial charge in [0.05, 0.1) is 10.7 Å². The van der Waals surface area contributed by atoms with Gasteiger partial charge in [-0.25, -0.2) is 0 Å². The Bertz CT molecular complexity index is 926. The van der Waals surface area contributed by atoms with Gasteiger partial charge in [-0.05, 0) is 35.4 Å². The van der Waals surface area contributed by atoms with Gasteiger partial charge in [0.25, 0.3) is 0 Å². The van der Waals surface area contributed by atoms with E-state index < -0.39 is 0 Å². The Morgan fingerprint density at radius 1 is 1.08 bits per heavy atom. The third-order valence-electron chi connectivity index (χ3n) is 3.33. The third-order valence-corrected chi connectivity index (χ3v) is 5.04. The van der Waals surface area contributed by atoms with Crippen LogP contribution in [0, 0.1) is 0 Å². The lowest BCUT2D eigenvalue weighted by Crippen LogP contribution is -2.39. The number of thiophene rings is 1. The van der Waals surface area contributed by atoms with E-state index in [0.29, 0.717) is 26.3 Å². The molecule has 3 nitrogen and oxygen atoms in total. The number of rotatable bonds is 4. The summed E-state index contributed by atoms with van der Waals surface area (Å²) in [5.41, 5.74) is 0.938. The number of nitrogens with one attached hydrogen (secondary N) is 1. The Hall–Kier alpha value is -1.92. The minimum Gasteiger partial charge on any atom is -0.867 e. The Labute approximate surface area is 164 Å². The standard InChI is InChI=1S/C18H12Cl2N2OS2/c19-12-6-7-14(13(20)11-12)21-18(24)16(22-8-2-1-3-9-22)17(23)15-5-4-10-25-15/h1-11H,(H-,21,23,24). The second-order valence-corrected chi connectivity index (χ2v) is 7.22. The maximum atomic E-state index is 12.9. The van der Waals surface area contributed by atoms with Crippen LogP contribution in [0.25, 0.3) is 11.5 Å². The number of halogens is 2. The number of aromatic nitrogens is 1. The van der Waals surface area contributed by atoms with Gasteiger partial charge in [0.1, 0.15) is 0 Å². The van der Waals surface area contributed by atoms with Gasteiger partial charge in [0, 0.05) is 22.0 Å². The van der Waals surface area contributed by atoms with Crippen molar-refractivity contribution in [3.63, 3.8) is 0 Å². The van der Waals surface area contributed by atoms with E-state index in [2.05, 4.69) is 5.32 Å². The maximum absolute atomic E-state index is 12.9. The molecule has 0 amide bonds. The highest BCUT2D eigenvalue weighted by molar-refractivity contribution is 7.81. The molecule has 0 aliphatic carbocycles. The van der Waals surface area contributed by atoms with Crippen LogP contribution in [0.3, 0.4) is 0 Å². The largest absolute Gasteiger partial charge is 0.867 e. The molecule has 1 N–H and O–H groups in total. The molecule has 0 atom stereocenters. The van der Waals surface area contributed by atoms with Crippen molar-refractivity contribution in [3.8, 4) is 0 Å². The van der Waals surface area contributed by atoms with E-state index in [0.717, 1.165) is 0 Å². The summed E-state index contributed by atoms with van der Waals surface area (Å²) in [5.74, 6) is -0.159. The fourth-order valence-corrected chi connectivity index (χ4v) is 3.61. The van der Waals surface area contributed by atoms with Crippen molar-refractivity contribution in [2.75, 3.05) is 5.32 Å². The van der Waals surface area contributed by atoms with Crippen molar-refractivity contribution in [3.05, 3.63) is 81.2 Å². The number of hydrogen-bond acceptors (Lipinski definition) is 3. The van der Waals surface area contributed by atoms with Crippen LogP contribution in [0.4, 0.5) is 5.69 Å². The molecule has 1 aromatic carbocycles. The number of thiocarbonyl (C=S) groups is 1. The van der Waals surface area contributed by atoms with Gasteiger partial charge in [-0.2, -0.15) is 4.57 Å². The van der Waals surface area contributed by atoms with E-state index in [1.165, 1.54) is 11.3 Å². The lowest BCUT2D eigenvalue weighted by Gasteiger charge is -2.16. The number of hydrogen-bond donors (Lipinski definition) is 1. The van der Waals surface area contributed by atoms with E-state index in [9.17, 15) is 5.11 Å². The molecule has 3 rings (SSSR count). The molecule has 25 heavy (non-hydrogen) atoms. The second-order valence-electron chi connectivity index (χ2n) is 5.02.